The van der Waals surface area contributed by atoms with E-state index in [1.807, 2.05) is 11.1 Å². The maximum atomic E-state index is 12.4. The molecule has 0 aliphatic carbocycles. The quantitative estimate of drug-likeness (QED) is 0.872. The highest BCUT2D eigenvalue weighted by Gasteiger charge is 2.23. The zero-order chi connectivity index (χ0) is 16.2. The number of rotatable bonds is 4. The maximum Gasteiger partial charge on any atom is 0.253 e. The van der Waals surface area contributed by atoms with E-state index in [-0.39, 0.29) is 5.91 Å². The standard InChI is InChI=1S/C18H24N4O/c1-14-13-20-15(2)22(14)12-7-16-5-10-21(11-6-16)18(23)17-3-8-19-9-4-17/h3-4,8-9,13,16H,5-7,10-12H2,1-2H3. The minimum absolute atomic E-state index is 0.132. The van der Waals surface area contributed by atoms with E-state index in [4.69, 9.17) is 0 Å². The SMILES string of the molecule is Cc1cnc(C)n1CCC1CCN(C(=O)c2ccncc2)CC1. The molecule has 0 saturated carbocycles. The number of imidazole rings is 1. The minimum Gasteiger partial charge on any atom is -0.339 e. The molecule has 0 spiro atoms. The van der Waals surface area contributed by atoms with Gasteiger partial charge in [-0.15, -0.1) is 0 Å². The second-order valence-electron chi connectivity index (χ2n) is 6.36. The van der Waals surface area contributed by atoms with E-state index in [2.05, 4.69) is 28.4 Å². The molecule has 5 nitrogen and oxygen atoms in total. The molecule has 122 valence electrons. The number of hydrogen-bond acceptors (Lipinski definition) is 3. The summed E-state index contributed by atoms with van der Waals surface area (Å²) in [6.07, 6.45) is 8.62. The summed E-state index contributed by atoms with van der Waals surface area (Å²) < 4.78 is 2.29. The average molecular weight is 312 g/mol. The molecule has 1 aliphatic rings. The van der Waals surface area contributed by atoms with Crippen molar-refractivity contribution < 1.29 is 4.79 Å². The fourth-order valence-corrected chi connectivity index (χ4v) is 3.33. The molecule has 3 heterocycles. The van der Waals surface area contributed by atoms with Gasteiger partial charge >= 0.3 is 0 Å². The van der Waals surface area contributed by atoms with Crippen molar-refractivity contribution in [2.45, 2.75) is 39.7 Å². The monoisotopic (exact) mass is 312 g/mol. The minimum atomic E-state index is 0.132. The number of carbonyl (C=O) groups is 1. The molecule has 5 heteroatoms. The van der Waals surface area contributed by atoms with Crippen LogP contribution in [0.2, 0.25) is 0 Å². The number of aromatic nitrogens is 3. The van der Waals surface area contributed by atoms with Crippen LogP contribution in [-0.2, 0) is 6.54 Å². The fraction of sp³-hybridized carbons (Fsp3) is 0.500. The maximum absolute atomic E-state index is 12.4. The van der Waals surface area contributed by atoms with Crippen molar-refractivity contribution in [1.82, 2.24) is 19.4 Å². The first kappa shape index (κ1) is 15.7. The Bertz CT molecular complexity index is 637. The van der Waals surface area contributed by atoms with Crippen molar-refractivity contribution in [3.63, 3.8) is 0 Å². The first-order valence-electron chi connectivity index (χ1n) is 8.33. The predicted octanol–water partition coefficient (Wildman–Crippen LogP) is 2.84. The van der Waals surface area contributed by atoms with E-state index >= 15 is 0 Å². The first-order valence-corrected chi connectivity index (χ1v) is 8.33. The number of piperidine rings is 1. The third kappa shape index (κ3) is 3.60. The number of aryl methyl sites for hydroxylation is 2. The van der Waals surface area contributed by atoms with Gasteiger partial charge in [0.25, 0.3) is 5.91 Å². The Balaban J connectivity index is 1.50. The van der Waals surface area contributed by atoms with Crippen molar-refractivity contribution >= 4 is 5.91 Å². The highest BCUT2D eigenvalue weighted by Crippen LogP contribution is 2.23. The molecular weight excluding hydrogens is 288 g/mol. The zero-order valence-electron chi connectivity index (χ0n) is 13.9. The Hall–Kier alpha value is -2.17. The third-order valence-corrected chi connectivity index (χ3v) is 4.84. The molecule has 1 fully saturated rings. The van der Waals surface area contributed by atoms with Crippen LogP contribution in [0.1, 0.15) is 41.1 Å². The van der Waals surface area contributed by atoms with Crippen molar-refractivity contribution in [2.24, 2.45) is 5.92 Å². The number of amides is 1. The molecule has 0 radical (unpaired) electrons. The molecule has 2 aromatic heterocycles. The summed E-state index contributed by atoms with van der Waals surface area (Å²) in [5.74, 6) is 1.91. The molecule has 3 rings (SSSR count). The fourth-order valence-electron chi connectivity index (χ4n) is 3.33. The molecular formula is C18H24N4O. The molecule has 0 atom stereocenters. The molecule has 2 aromatic rings. The van der Waals surface area contributed by atoms with Gasteiger partial charge in [-0.3, -0.25) is 9.78 Å². The van der Waals surface area contributed by atoms with Crippen LogP contribution in [0.15, 0.2) is 30.7 Å². The predicted molar refractivity (Wildman–Crippen MR) is 89.2 cm³/mol. The van der Waals surface area contributed by atoms with Crippen molar-refractivity contribution in [2.75, 3.05) is 13.1 Å². The summed E-state index contributed by atoms with van der Waals surface area (Å²) >= 11 is 0. The van der Waals surface area contributed by atoms with Gasteiger partial charge in [-0.2, -0.15) is 0 Å². The molecule has 1 aliphatic heterocycles. The lowest BCUT2D eigenvalue weighted by Gasteiger charge is -2.32. The lowest BCUT2D eigenvalue weighted by Crippen LogP contribution is -2.38. The number of likely N-dealkylation sites (tertiary alicyclic amines) is 1. The largest absolute Gasteiger partial charge is 0.339 e. The van der Waals surface area contributed by atoms with E-state index in [0.717, 1.165) is 50.3 Å². The summed E-state index contributed by atoms with van der Waals surface area (Å²) in [7, 11) is 0. The molecule has 0 bridgehead atoms. The highest BCUT2D eigenvalue weighted by molar-refractivity contribution is 5.94. The van der Waals surface area contributed by atoms with Crippen LogP contribution in [0.25, 0.3) is 0 Å². The summed E-state index contributed by atoms with van der Waals surface area (Å²) in [5.41, 5.74) is 1.97. The van der Waals surface area contributed by atoms with E-state index in [1.165, 1.54) is 5.69 Å². The van der Waals surface area contributed by atoms with Gasteiger partial charge in [-0.05, 0) is 51.2 Å². The van der Waals surface area contributed by atoms with E-state index < -0.39 is 0 Å². The molecule has 0 unspecified atom stereocenters. The zero-order valence-corrected chi connectivity index (χ0v) is 13.9. The van der Waals surface area contributed by atoms with Crippen molar-refractivity contribution in [3.8, 4) is 0 Å². The van der Waals surface area contributed by atoms with Crippen molar-refractivity contribution in [1.29, 1.82) is 0 Å². The Morgan fingerprint density at radius 1 is 1.22 bits per heavy atom. The second-order valence-corrected chi connectivity index (χ2v) is 6.36. The van der Waals surface area contributed by atoms with Gasteiger partial charge < -0.3 is 9.47 Å². The van der Waals surface area contributed by atoms with Crippen LogP contribution in [0, 0.1) is 19.8 Å². The number of hydrogen-bond donors (Lipinski definition) is 0. The molecule has 23 heavy (non-hydrogen) atoms. The van der Waals surface area contributed by atoms with E-state index in [0.29, 0.717) is 5.92 Å². The Labute approximate surface area is 137 Å². The number of nitrogens with zero attached hydrogens (tertiary/aromatic N) is 4. The van der Waals surface area contributed by atoms with Crippen LogP contribution in [-0.4, -0.2) is 38.4 Å². The summed E-state index contributed by atoms with van der Waals surface area (Å²) in [6, 6.07) is 3.58. The van der Waals surface area contributed by atoms with Crippen LogP contribution in [0.5, 0.6) is 0 Å². The lowest BCUT2D eigenvalue weighted by molar-refractivity contribution is 0.0684. The van der Waals surface area contributed by atoms with Crippen LogP contribution in [0.4, 0.5) is 0 Å². The molecule has 1 saturated heterocycles. The van der Waals surface area contributed by atoms with E-state index in [1.54, 1.807) is 24.5 Å². The number of pyridine rings is 1. The Morgan fingerprint density at radius 2 is 1.91 bits per heavy atom. The average Bonchev–Trinajstić information content (AvgIpc) is 2.92. The molecule has 1 amide bonds. The van der Waals surface area contributed by atoms with Crippen LogP contribution >= 0.6 is 0 Å². The first-order chi connectivity index (χ1) is 11.1. The highest BCUT2D eigenvalue weighted by atomic mass is 16.2. The smallest absolute Gasteiger partial charge is 0.253 e. The van der Waals surface area contributed by atoms with Crippen molar-refractivity contribution in [3.05, 3.63) is 47.8 Å². The summed E-state index contributed by atoms with van der Waals surface area (Å²) in [4.78, 5) is 22.7. The lowest BCUT2D eigenvalue weighted by atomic mass is 9.93. The topological polar surface area (TPSA) is 51.0 Å². The van der Waals surface area contributed by atoms with Gasteiger partial charge in [-0.1, -0.05) is 0 Å². The summed E-state index contributed by atoms with van der Waals surface area (Å²) in [5, 5.41) is 0. The second kappa shape index (κ2) is 6.94. The van der Waals surface area contributed by atoms with Gasteiger partial charge in [0.1, 0.15) is 5.82 Å². The van der Waals surface area contributed by atoms with Gasteiger partial charge in [0.2, 0.25) is 0 Å². The van der Waals surface area contributed by atoms with Crippen LogP contribution in [0.3, 0.4) is 0 Å². The Kier molecular flexibility index (Phi) is 4.74. The third-order valence-electron chi connectivity index (χ3n) is 4.84. The van der Waals surface area contributed by atoms with Gasteiger partial charge in [-0.25, -0.2) is 4.98 Å². The normalized spacial score (nSPS) is 15.8. The molecule has 0 N–H and O–H groups in total. The summed E-state index contributed by atoms with van der Waals surface area (Å²) in [6.45, 7) is 6.90. The van der Waals surface area contributed by atoms with E-state index in [9.17, 15) is 4.79 Å². The van der Waals surface area contributed by atoms with Gasteiger partial charge in [0, 0.05) is 49.5 Å². The van der Waals surface area contributed by atoms with Gasteiger partial charge in [0.05, 0.1) is 0 Å². The van der Waals surface area contributed by atoms with Gasteiger partial charge in [0.15, 0.2) is 0 Å². The van der Waals surface area contributed by atoms with Crippen LogP contribution < -0.4 is 0 Å². The molecule has 0 aromatic carbocycles. The Morgan fingerprint density at radius 3 is 2.52 bits per heavy atom. The number of carbonyl (C=O) groups excluding carboxylic acids is 1.